The van der Waals surface area contributed by atoms with Gasteiger partial charge in [-0.1, -0.05) is 6.92 Å². The number of carboxylic acid groups (broad SMARTS) is 1. The van der Waals surface area contributed by atoms with Crippen molar-refractivity contribution in [1.29, 1.82) is 0 Å². The van der Waals surface area contributed by atoms with E-state index in [9.17, 15) is 14.7 Å². The molecule has 104 valence electrons. The van der Waals surface area contributed by atoms with Gasteiger partial charge in [-0.15, -0.1) is 0 Å². The maximum absolute atomic E-state index is 12.4. The van der Waals surface area contributed by atoms with Crippen LogP contribution in [0.5, 0.6) is 0 Å². The molecule has 1 heterocycles. The minimum atomic E-state index is -1.16. The SMILES string of the molecule is CCN(C(=O)N1CCC(C)CC1)C(C)(C)C(=O)O. The standard InChI is InChI=1S/C13H24N2O3/c1-5-15(13(3,4)11(16)17)12(18)14-8-6-10(2)7-9-14/h10H,5-9H2,1-4H3,(H,16,17). The van der Waals surface area contributed by atoms with Gasteiger partial charge in [0.05, 0.1) is 0 Å². The average molecular weight is 256 g/mol. The van der Waals surface area contributed by atoms with E-state index in [2.05, 4.69) is 6.92 Å². The van der Waals surface area contributed by atoms with Crippen molar-refractivity contribution in [3.63, 3.8) is 0 Å². The topological polar surface area (TPSA) is 60.9 Å². The van der Waals surface area contributed by atoms with Crippen LogP contribution in [0.1, 0.15) is 40.5 Å². The molecule has 1 rings (SSSR count). The summed E-state index contributed by atoms with van der Waals surface area (Å²) in [6.45, 7) is 9.00. The van der Waals surface area contributed by atoms with Crippen LogP contribution >= 0.6 is 0 Å². The Bertz CT molecular complexity index is 320. The minimum Gasteiger partial charge on any atom is -0.480 e. The summed E-state index contributed by atoms with van der Waals surface area (Å²) in [6.07, 6.45) is 1.99. The van der Waals surface area contributed by atoms with Gasteiger partial charge in [-0.05, 0) is 39.5 Å². The first-order valence-electron chi connectivity index (χ1n) is 6.60. The second kappa shape index (κ2) is 5.59. The van der Waals surface area contributed by atoms with Crippen LogP contribution in [0.3, 0.4) is 0 Å². The van der Waals surface area contributed by atoms with Crippen molar-refractivity contribution in [2.75, 3.05) is 19.6 Å². The highest BCUT2D eigenvalue weighted by molar-refractivity contribution is 5.85. The number of nitrogens with zero attached hydrogens (tertiary/aromatic N) is 2. The summed E-state index contributed by atoms with van der Waals surface area (Å²) in [7, 11) is 0. The number of likely N-dealkylation sites (N-methyl/N-ethyl adjacent to an activating group) is 1. The molecule has 0 aromatic carbocycles. The van der Waals surface area contributed by atoms with Crippen molar-refractivity contribution in [1.82, 2.24) is 9.80 Å². The normalized spacial score (nSPS) is 17.7. The Kier molecular flexibility index (Phi) is 4.59. The number of carbonyl (C=O) groups excluding carboxylic acids is 1. The summed E-state index contributed by atoms with van der Waals surface area (Å²) in [5, 5.41) is 9.22. The Balaban J connectivity index is 2.77. The predicted molar refractivity (Wildman–Crippen MR) is 69.5 cm³/mol. The van der Waals surface area contributed by atoms with Gasteiger partial charge in [0.25, 0.3) is 0 Å². The zero-order valence-electron chi connectivity index (χ0n) is 11.8. The molecule has 0 atom stereocenters. The van der Waals surface area contributed by atoms with E-state index >= 15 is 0 Å². The Morgan fingerprint density at radius 1 is 1.33 bits per heavy atom. The van der Waals surface area contributed by atoms with Crippen LogP contribution in [0.25, 0.3) is 0 Å². The molecule has 1 aliphatic heterocycles. The molecular weight excluding hydrogens is 232 g/mol. The molecule has 0 aromatic rings. The zero-order valence-corrected chi connectivity index (χ0v) is 11.8. The van der Waals surface area contributed by atoms with Crippen LogP contribution in [0, 0.1) is 5.92 Å². The lowest BCUT2D eigenvalue weighted by atomic mass is 9.99. The first-order chi connectivity index (χ1) is 8.30. The molecule has 0 unspecified atom stereocenters. The monoisotopic (exact) mass is 256 g/mol. The molecule has 0 aliphatic carbocycles. The number of piperidine rings is 1. The molecule has 1 N–H and O–H groups in total. The van der Waals surface area contributed by atoms with Gasteiger partial charge in [-0.25, -0.2) is 9.59 Å². The first kappa shape index (κ1) is 14.8. The third-order valence-corrected chi connectivity index (χ3v) is 3.80. The van der Waals surface area contributed by atoms with Gasteiger partial charge in [0.1, 0.15) is 5.54 Å². The molecule has 0 radical (unpaired) electrons. The van der Waals surface area contributed by atoms with Gasteiger partial charge < -0.3 is 14.9 Å². The summed E-state index contributed by atoms with van der Waals surface area (Å²) >= 11 is 0. The smallest absolute Gasteiger partial charge is 0.329 e. The van der Waals surface area contributed by atoms with Crippen LogP contribution in [0.4, 0.5) is 4.79 Å². The van der Waals surface area contributed by atoms with Crippen LogP contribution < -0.4 is 0 Å². The quantitative estimate of drug-likeness (QED) is 0.840. The van der Waals surface area contributed by atoms with Crippen molar-refractivity contribution in [3.05, 3.63) is 0 Å². The van der Waals surface area contributed by atoms with E-state index in [1.165, 1.54) is 4.90 Å². The van der Waals surface area contributed by atoms with Crippen LogP contribution in [0.2, 0.25) is 0 Å². The molecule has 0 spiro atoms. The van der Waals surface area contributed by atoms with Crippen molar-refractivity contribution < 1.29 is 14.7 Å². The summed E-state index contributed by atoms with van der Waals surface area (Å²) in [6, 6.07) is -0.156. The second-order valence-electron chi connectivity index (χ2n) is 5.56. The molecule has 5 heteroatoms. The number of carboxylic acids is 1. The third-order valence-electron chi connectivity index (χ3n) is 3.80. The number of aliphatic carboxylic acids is 1. The van der Waals surface area contributed by atoms with Crippen LogP contribution in [0.15, 0.2) is 0 Å². The summed E-state index contributed by atoms with van der Waals surface area (Å²) in [5.41, 5.74) is -1.16. The molecule has 0 saturated carbocycles. The lowest BCUT2D eigenvalue weighted by molar-refractivity contribution is -0.147. The Morgan fingerprint density at radius 3 is 2.22 bits per heavy atom. The van der Waals surface area contributed by atoms with E-state index in [0.29, 0.717) is 12.5 Å². The van der Waals surface area contributed by atoms with Crippen molar-refractivity contribution >= 4 is 12.0 Å². The fourth-order valence-corrected chi connectivity index (χ4v) is 2.26. The lowest BCUT2D eigenvalue weighted by Crippen LogP contribution is -2.57. The molecule has 1 aliphatic rings. The fourth-order valence-electron chi connectivity index (χ4n) is 2.26. The molecule has 0 bridgehead atoms. The summed E-state index contributed by atoms with van der Waals surface area (Å²) < 4.78 is 0. The van der Waals surface area contributed by atoms with E-state index < -0.39 is 11.5 Å². The molecule has 0 aromatic heterocycles. The Labute approximate surface area is 109 Å². The summed E-state index contributed by atoms with van der Waals surface area (Å²) in [4.78, 5) is 26.8. The zero-order chi connectivity index (χ0) is 13.9. The summed E-state index contributed by atoms with van der Waals surface area (Å²) in [5.74, 6) is -0.320. The van der Waals surface area contributed by atoms with Gasteiger partial charge in [-0.2, -0.15) is 0 Å². The van der Waals surface area contributed by atoms with Gasteiger partial charge >= 0.3 is 12.0 Å². The van der Waals surface area contributed by atoms with E-state index in [-0.39, 0.29) is 6.03 Å². The molecule has 18 heavy (non-hydrogen) atoms. The van der Waals surface area contributed by atoms with Crippen LogP contribution in [-0.4, -0.2) is 52.1 Å². The Morgan fingerprint density at radius 2 is 1.83 bits per heavy atom. The van der Waals surface area contributed by atoms with Gasteiger partial charge in [-0.3, -0.25) is 0 Å². The average Bonchev–Trinajstić information content (AvgIpc) is 2.30. The number of hydrogen-bond acceptors (Lipinski definition) is 2. The highest BCUT2D eigenvalue weighted by Crippen LogP contribution is 2.21. The van der Waals surface area contributed by atoms with Gasteiger partial charge in [0.15, 0.2) is 0 Å². The molecule has 1 saturated heterocycles. The molecule has 5 nitrogen and oxygen atoms in total. The number of hydrogen-bond donors (Lipinski definition) is 1. The van der Waals surface area contributed by atoms with Crippen molar-refractivity contribution in [3.8, 4) is 0 Å². The van der Waals surface area contributed by atoms with E-state index in [1.54, 1.807) is 18.7 Å². The number of urea groups is 1. The van der Waals surface area contributed by atoms with Crippen LogP contribution in [-0.2, 0) is 4.79 Å². The largest absolute Gasteiger partial charge is 0.480 e. The predicted octanol–water partition coefficient (Wildman–Crippen LogP) is 2.02. The maximum atomic E-state index is 12.4. The number of carbonyl (C=O) groups is 2. The number of amides is 2. The Hall–Kier alpha value is -1.26. The lowest BCUT2D eigenvalue weighted by Gasteiger charge is -2.40. The van der Waals surface area contributed by atoms with Crippen molar-refractivity contribution in [2.45, 2.75) is 46.1 Å². The molecule has 1 fully saturated rings. The van der Waals surface area contributed by atoms with Crippen molar-refractivity contribution in [2.24, 2.45) is 5.92 Å². The number of likely N-dealkylation sites (tertiary alicyclic amines) is 1. The minimum absolute atomic E-state index is 0.156. The highest BCUT2D eigenvalue weighted by Gasteiger charge is 2.39. The van der Waals surface area contributed by atoms with E-state index in [1.807, 2.05) is 6.92 Å². The van der Waals surface area contributed by atoms with Gasteiger partial charge in [0, 0.05) is 19.6 Å². The number of rotatable bonds is 3. The third kappa shape index (κ3) is 2.94. The van der Waals surface area contributed by atoms with E-state index in [0.717, 1.165) is 25.9 Å². The molecule has 2 amide bonds. The molecular formula is C13H24N2O3. The highest BCUT2D eigenvalue weighted by atomic mass is 16.4. The van der Waals surface area contributed by atoms with E-state index in [4.69, 9.17) is 0 Å². The maximum Gasteiger partial charge on any atom is 0.329 e. The van der Waals surface area contributed by atoms with Gasteiger partial charge in [0.2, 0.25) is 0 Å². The second-order valence-corrected chi connectivity index (χ2v) is 5.56. The fraction of sp³-hybridized carbons (Fsp3) is 0.846. The first-order valence-corrected chi connectivity index (χ1v) is 6.60.